The standard InChI is InChI=1S/C33H38BN3O/c1-9-16-31-32(25-30(8)38)37(33(17-10-2)35-24-11-3)34-28(6)20-14-12-18-26(4)22-23-27(5)19-13-15-21-29(7)36(31)34/h9-21,24-25,38H,1,4-8,22-23H2,2-3H3/b17-10-,18-12-,19-13-,20-14-,21-15-,24-11-,31-16+,32-25+,35-33+. The third-order valence-electron chi connectivity index (χ3n) is 5.66. The smallest absolute Gasteiger partial charge is 0.421 e. The number of aliphatic hydroxyl groups excluding tert-OH is 1. The van der Waals surface area contributed by atoms with E-state index in [2.05, 4.69) is 39.5 Å². The monoisotopic (exact) mass is 503 g/mol. The van der Waals surface area contributed by atoms with Crippen molar-refractivity contribution in [3.63, 3.8) is 0 Å². The zero-order chi connectivity index (χ0) is 28.1. The Morgan fingerprint density at radius 1 is 0.921 bits per heavy atom. The minimum atomic E-state index is -0.441. The Bertz CT molecular complexity index is 1260. The van der Waals surface area contributed by atoms with Crippen LogP contribution in [-0.4, -0.2) is 27.5 Å². The second-order valence-corrected chi connectivity index (χ2v) is 8.71. The third-order valence-corrected chi connectivity index (χ3v) is 5.66. The Morgan fingerprint density at radius 2 is 1.53 bits per heavy atom. The van der Waals surface area contributed by atoms with Crippen LogP contribution in [0.5, 0.6) is 0 Å². The van der Waals surface area contributed by atoms with Crippen molar-refractivity contribution in [3.8, 4) is 0 Å². The number of hydrogen-bond donors (Lipinski definition) is 1. The van der Waals surface area contributed by atoms with E-state index < -0.39 is 6.98 Å². The molecular weight excluding hydrogens is 465 g/mol. The second kappa shape index (κ2) is 14.9. The van der Waals surface area contributed by atoms with Crippen LogP contribution in [0.4, 0.5) is 0 Å². The molecule has 1 fully saturated rings. The molecular formula is C33H38BN3O. The molecule has 2 rings (SSSR count). The molecule has 0 spiro atoms. The number of rotatable bonds is 4. The van der Waals surface area contributed by atoms with E-state index in [1.54, 1.807) is 18.4 Å². The van der Waals surface area contributed by atoms with E-state index in [-0.39, 0.29) is 5.76 Å². The highest BCUT2D eigenvalue weighted by atomic mass is 16.3. The van der Waals surface area contributed by atoms with Crippen molar-refractivity contribution < 1.29 is 5.11 Å². The summed E-state index contributed by atoms with van der Waals surface area (Å²) in [6.45, 7) is 28.1. The van der Waals surface area contributed by atoms with Crippen molar-refractivity contribution in [1.29, 1.82) is 0 Å². The van der Waals surface area contributed by atoms with Crippen LogP contribution >= 0.6 is 0 Å². The summed E-state index contributed by atoms with van der Waals surface area (Å²) in [6.07, 6.45) is 30.0. The van der Waals surface area contributed by atoms with Gasteiger partial charge in [-0.25, -0.2) is 4.99 Å². The van der Waals surface area contributed by atoms with Gasteiger partial charge in [-0.2, -0.15) is 0 Å². The predicted molar refractivity (Wildman–Crippen MR) is 167 cm³/mol. The molecule has 194 valence electrons. The molecule has 0 radical (unpaired) electrons. The third kappa shape index (κ3) is 8.00. The summed E-state index contributed by atoms with van der Waals surface area (Å²) < 4.78 is 0. The maximum absolute atomic E-state index is 10.3. The highest BCUT2D eigenvalue weighted by Gasteiger charge is 2.46. The van der Waals surface area contributed by atoms with Gasteiger partial charge in [0.25, 0.3) is 0 Å². The summed E-state index contributed by atoms with van der Waals surface area (Å²) in [4.78, 5) is 8.75. The lowest BCUT2D eigenvalue weighted by atomic mass is 9.64. The summed E-state index contributed by atoms with van der Waals surface area (Å²) in [5, 5.41) is 10.3. The molecule has 0 atom stereocenters. The molecule has 2 aliphatic rings. The van der Waals surface area contributed by atoms with Crippen molar-refractivity contribution >= 4 is 12.8 Å². The molecule has 0 unspecified atom stereocenters. The molecule has 0 saturated carbocycles. The number of aliphatic hydroxyl groups is 1. The molecule has 2 heterocycles. The van der Waals surface area contributed by atoms with Crippen molar-refractivity contribution in [2.24, 2.45) is 4.99 Å². The average molecular weight is 503 g/mol. The maximum atomic E-state index is 10.3. The van der Waals surface area contributed by atoms with Crippen LogP contribution in [0.15, 0.2) is 175 Å². The van der Waals surface area contributed by atoms with Crippen LogP contribution in [0, 0.1) is 0 Å². The minimum absolute atomic E-state index is 0.0879. The normalized spacial score (nSPS) is 23.5. The molecule has 0 amide bonds. The lowest BCUT2D eigenvalue weighted by molar-refractivity contribution is 0.433. The zero-order valence-corrected chi connectivity index (χ0v) is 22.7. The van der Waals surface area contributed by atoms with Gasteiger partial charge >= 0.3 is 6.98 Å². The van der Waals surface area contributed by atoms with Crippen molar-refractivity contribution in [2.45, 2.75) is 26.7 Å². The van der Waals surface area contributed by atoms with Gasteiger partial charge in [0.15, 0.2) is 0 Å². The average Bonchev–Trinajstić information content (AvgIpc) is 3.18. The van der Waals surface area contributed by atoms with E-state index in [0.29, 0.717) is 17.2 Å². The zero-order valence-electron chi connectivity index (χ0n) is 22.7. The fourth-order valence-electron chi connectivity index (χ4n) is 3.97. The van der Waals surface area contributed by atoms with Crippen LogP contribution < -0.4 is 0 Å². The molecule has 0 aromatic rings. The lowest BCUT2D eigenvalue weighted by Gasteiger charge is -2.29. The largest absolute Gasteiger partial charge is 0.509 e. The first kappa shape index (κ1) is 29.7. The van der Waals surface area contributed by atoms with Gasteiger partial charge < -0.3 is 14.7 Å². The Morgan fingerprint density at radius 3 is 2.08 bits per heavy atom. The number of fused-ring (bicyclic) bond motifs is 1. The number of allylic oxidation sites excluding steroid dienone is 16. The first-order valence-electron chi connectivity index (χ1n) is 12.5. The molecule has 5 heteroatoms. The molecule has 1 saturated heterocycles. The maximum Gasteiger partial charge on any atom is 0.421 e. The second-order valence-electron chi connectivity index (χ2n) is 8.71. The quantitative estimate of drug-likeness (QED) is 0.181. The Kier molecular flexibility index (Phi) is 11.7. The molecule has 38 heavy (non-hydrogen) atoms. The number of amidine groups is 1. The topological polar surface area (TPSA) is 39.1 Å². The first-order chi connectivity index (χ1) is 18.2. The van der Waals surface area contributed by atoms with Gasteiger partial charge in [-0.15, -0.1) is 6.58 Å². The molecule has 4 nitrogen and oxygen atoms in total. The van der Waals surface area contributed by atoms with Gasteiger partial charge in [0.2, 0.25) is 0 Å². The van der Waals surface area contributed by atoms with E-state index >= 15 is 0 Å². The van der Waals surface area contributed by atoms with Gasteiger partial charge in [-0.3, -0.25) is 0 Å². The predicted octanol–water partition coefficient (Wildman–Crippen LogP) is 8.37. The minimum Gasteiger partial charge on any atom is -0.509 e. The Labute approximate surface area is 229 Å². The highest BCUT2D eigenvalue weighted by molar-refractivity contribution is 6.67. The van der Waals surface area contributed by atoms with E-state index in [1.807, 2.05) is 96.4 Å². The fraction of sp³-hybridized carbons (Fsp3) is 0.121. The molecule has 0 aromatic carbocycles. The van der Waals surface area contributed by atoms with E-state index in [4.69, 9.17) is 4.99 Å². The van der Waals surface area contributed by atoms with Crippen LogP contribution in [-0.2, 0) is 0 Å². The van der Waals surface area contributed by atoms with Crippen LogP contribution in [0.3, 0.4) is 0 Å². The summed E-state index contributed by atoms with van der Waals surface area (Å²) >= 11 is 0. The Balaban J connectivity index is 2.87. The van der Waals surface area contributed by atoms with E-state index in [1.165, 1.54) is 0 Å². The Hall–Kier alpha value is -4.51. The number of aliphatic imine (C=N–C) groups is 1. The van der Waals surface area contributed by atoms with Gasteiger partial charge in [0.1, 0.15) is 11.6 Å². The van der Waals surface area contributed by atoms with Gasteiger partial charge in [0.05, 0.1) is 11.4 Å². The van der Waals surface area contributed by atoms with Crippen molar-refractivity contribution in [3.05, 3.63) is 170 Å². The van der Waals surface area contributed by atoms with Gasteiger partial charge in [-0.1, -0.05) is 105 Å². The summed E-state index contributed by atoms with van der Waals surface area (Å²) in [7, 11) is 0. The van der Waals surface area contributed by atoms with Crippen molar-refractivity contribution in [1.82, 2.24) is 9.62 Å². The van der Waals surface area contributed by atoms with Crippen LogP contribution in [0.1, 0.15) is 26.7 Å². The van der Waals surface area contributed by atoms with E-state index in [0.717, 1.165) is 35.2 Å². The molecule has 0 bridgehead atoms. The number of nitrogens with zero attached hydrogens (tertiary/aromatic N) is 3. The molecule has 0 aliphatic carbocycles. The summed E-state index contributed by atoms with van der Waals surface area (Å²) in [5.41, 5.74) is 4.98. The molecule has 0 aromatic heterocycles. The fourth-order valence-corrected chi connectivity index (χ4v) is 3.97. The van der Waals surface area contributed by atoms with Crippen LogP contribution in [0.25, 0.3) is 0 Å². The lowest BCUT2D eigenvalue weighted by Crippen LogP contribution is -2.46. The molecule has 2 aliphatic heterocycles. The van der Waals surface area contributed by atoms with E-state index in [9.17, 15) is 5.11 Å². The van der Waals surface area contributed by atoms with Gasteiger partial charge in [0, 0.05) is 18.0 Å². The van der Waals surface area contributed by atoms with Crippen LogP contribution in [0.2, 0.25) is 0 Å². The highest BCUT2D eigenvalue weighted by Crippen LogP contribution is 2.38. The number of hydrogen-bond acceptors (Lipinski definition) is 3. The summed E-state index contributed by atoms with van der Waals surface area (Å²) in [5.74, 6) is 0.566. The first-order valence-corrected chi connectivity index (χ1v) is 12.5. The van der Waals surface area contributed by atoms with Gasteiger partial charge in [-0.05, 0) is 50.4 Å². The SMILES string of the molecule is C=C/C=C1\C(=C/C(=C)O)N(C(/C=C\C)=N/C=C\C)B2C(=C)/C=C\C=C/C(=C)CCC(=C)/C=C\C=C/C(=C)N21. The van der Waals surface area contributed by atoms with Crippen molar-refractivity contribution in [2.75, 3.05) is 0 Å². The summed E-state index contributed by atoms with van der Waals surface area (Å²) in [6, 6.07) is 0. The molecule has 1 N–H and O–H groups in total.